The first-order valence-electron chi connectivity index (χ1n) is 9.38. The van der Waals surface area contributed by atoms with E-state index in [4.69, 9.17) is 0 Å². The van der Waals surface area contributed by atoms with E-state index in [-0.39, 0.29) is 5.91 Å². The van der Waals surface area contributed by atoms with Crippen LogP contribution in [0.3, 0.4) is 0 Å². The molecular formula is C22H18N6O. The lowest BCUT2D eigenvalue weighted by Gasteiger charge is -2.03. The van der Waals surface area contributed by atoms with E-state index in [9.17, 15) is 4.79 Å². The zero-order valence-corrected chi connectivity index (χ0v) is 15.5. The van der Waals surface area contributed by atoms with Crippen molar-refractivity contribution in [3.05, 3.63) is 78.4 Å². The fourth-order valence-electron chi connectivity index (χ4n) is 3.41. The lowest BCUT2D eigenvalue weighted by molar-refractivity contribution is 0.0945. The minimum absolute atomic E-state index is 0.215. The molecule has 3 N–H and O–H groups in total. The summed E-state index contributed by atoms with van der Waals surface area (Å²) < 4.78 is 0. The Labute approximate surface area is 166 Å². The molecule has 1 amide bonds. The molecule has 7 nitrogen and oxygen atoms in total. The average Bonchev–Trinajstić information content (AvgIpc) is 3.37. The van der Waals surface area contributed by atoms with Gasteiger partial charge < -0.3 is 10.3 Å². The van der Waals surface area contributed by atoms with E-state index in [0.717, 1.165) is 39.6 Å². The van der Waals surface area contributed by atoms with Gasteiger partial charge in [0, 0.05) is 29.9 Å². The first kappa shape index (κ1) is 17.1. The van der Waals surface area contributed by atoms with Crippen LogP contribution in [-0.2, 0) is 6.42 Å². The minimum atomic E-state index is -0.215. The van der Waals surface area contributed by atoms with Crippen molar-refractivity contribution in [1.82, 2.24) is 30.5 Å². The van der Waals surface area contributed by atoms with Crippen molar-refractivity contribution < 1.29 is 4.79 Å². The molecule has 0 aliphatic rings. The van der Waals surface area contributed by atoms with Gasteiger partial charge in [-0.05, 0) is 36.2 Å². The molecule has 0 bridgehead atoms. The van der Waals surface area contributed by atoms with Gasteiger partial charge in [0.2, 0.25) is 0 Å². The highest BCUT2D eigenvalue weighted by Crippen LogP contribution is 2.28. The summed E-state index contributed by atoms with van der Waals surface area (Å²) in [6.45, 7) is 0.552. The molecule has 142 valence electrons. The lowest BCUT2D eigenvalue weighted by Crippen LogP contribution is -2.26. The van der Waals surface area contributed by atoms with Crippen LogP contribution in [0.15, 0.2) is 67.0 Å². The number of H-pyrrole nitrogens is 2. The van der Waals surface area contributed by atoms with Crippen molar-refractivity contribution in [2.45, 2.75) is 6.42 Å². The zero-order chi connectivity index (χ0) is 19.6. The molecule has 0 fully saturated rings. The molecule has 0 atom stereocenters. The van der Waals surface area contributed by atoms with Crippen molar-refractivity contribution in [3.8, 4) is 11.3 Å². The number of pyridine rings is 1. The van der Waals surface area contributed by atoms with E-state index in [1.807, 2.05) is 54.6 Å². The summed E-state index contributed by atoms with van der Waals surface area (Å²) in [5.41, 5.74) is 5.38. The largest absolute Gasteiger partial charge is 0.349 e. The predicted octanol–water partition coefficient (Wildman–Crippen LogP) is 3.47. The third-order valence-corrected chi connectivity index (χ3v) is 4.88. The second kappa shape index (κ2) is 7.20. The number of hydrogen-bond acceptors (Lipinski definition) is 4. The normalized spacial score (nSPS) is 11.2. The quantitative estimate of drug-likeness (QED) is 0.433. The van der Waals surface area contributed by atoms with Crippen LogP contribution in [-0.4, -0.2) is 37.6 Å². The van der Waals surface area contributed by atoms with Gasteiger partial charge in [-0.15, -0.1) is 0 Å². The fraction of sp³-hybridized carbons (Fsp3) is 0.0909. The Morgan fingerprint density at radius 2 is 1.83 bits per heavy atom. The molecule has 5 rings (SSSR count). The van der Waals surface area contributed by atoms with Gasteiger partial charge in [-0.1, -0.05) is 30.3 Å². The van der Waals surface area contributed by atoms with E-state index in [0.29, 0.717) is 12.4 Å². The number of benzene rings is 2. The predicted molar refractivity (Wildman–Crippen MR) is 111 cm³/mol. The molecule has 0 aliphatic carbocycles. The standard InChI is InChI=1S/C22H18N6O/c29-22(24-11-6-14-4-2-1-3-5-14)21-25-18-12-16-17(13-19(18)26-21)27-28-20(16)15-7-9-23-10-8-15/h1-5,7-10,12-13H,6,11H2,(H,24,29)(H,25,26)(H,27,28). The third-order valence-electron chi connectivity index (χ3n) is 4.88. The van der Waals surface area contributed by atoms with Crippen molar-refractivity contribution >= 4 is 27.8 Å². The van der Waals surface area contributed by atoms with Gasteiger partial charge in [0.15, 0.2) is 5.82 Å². The summed E-state index contributed by atoms with van der Waals surface area (Å²) in [6.07, 6.45) is 4.25. The molecule has 0 unspecified atom stereocenters. The van der Waals surface area contributed by atoms with Crippen LogP contribution in [0.4, 0.5) is 0 Å². The van der Waals surface area contributed by atoms with Gasteiger partial charge in [0.05, 0.1) is 16.6 Å². The van der Waals surface area contributed by atoms with E-state index in [1.54, 1.807) is 12.4 Å². The lowest BCUT2D eigenvalue weighted by atomic mass is 10.1. The van der Waals surface area contributed by atoms with Crippen LogP contribution in [0, 0.1) is 0 Å². The zero-order valence-electron chi connectivity index (χ0n) is 15.5. The summed E-state index contributed by atoms with van der Waals surface area (Å²) >= 11 is 0. The van der Waals surface area contributed by atoms with Crippen LogP contribution < -0.4 is 5.32 Å². The number of nitrogens with one attached hydrogen (secondary N) is 3. The van der Waals surface area contributed by atoms with Gasteiger partial charge in [-0.3, -0.25) is 14.9 Å². The number of rotatable bonds is 5. The highest BCUT2D eigenvalue weighted by molar-refractivity contribution is 6.02. The summed E-state index contributed by atoms with van der Waals surface area (Å²) in [5, 5.41) is 11.3. The van der Waals surface area contributed by atoms with E-state index >= 15 is 0 Å². The van der Waals surface area contributed by atoms with E-state index in [2.05, 4.69) is 30.5 Å². The number of amides is 1. The maximum atomic E-state index is 12.5. The highest BCUT2D eigenvalue weighted by Gasteiger charge is 2.14. The Kier molecular flexibility index (Phi) is 4.25. The van der Waals surface area contributed by atoms with Crippen LogP contribution in [0.5, 0.6) is 0 Å². The average molecular weight is 382 g/mol. The van der Waals surface area contributed by atoms with Gasteiger partial charge in [0.25, 0.3) is 5.91 Å². The maximum absolute atomic E-state index is 12.5. The molecule has 2 aromatic carbocycles. The molecule has 5 aromatic rings. The second-order valence-electron chi connectivity index (χ2n) is 6.80. The molecule has 3 aromatic heterocycles. The van der Waals surface area contributed by atoms with Crippen LogP contribution in [0.25, 0.3) is 33.2 Å². The number of hydrogen-bond donors (Lipinski definition) is 3. The first-order valence-corrected chi connectivity index (χ1v) is 9.38. The second-order valence-corrected chi connectivity index (χ2v) is 6.80. The summed E-state index contributed by atoms with van der Waals surface area (Å²) in [7, 11) is 0. The van der Waals surface area contributed by atoms with E-state index in [1.165, 1.54) is 5.56 Å². The number of aromatic nitrogens is 5. The molecule has 29 heavy (non-hydrogen) atoms. The van der Waals surface area contributed by atoms with Gasteiger partial charge in [-0.25, -0.2) is 4.98 Å². The van der Waals surface area contributed by atoms with Crippen LogP contribution in [0.1, 0.15) is 16.2 Å². The van der Waals surface area contributed by atoms with E-state index < -0.39 is 0 Å². The molecule has 3 heterocycles. The first-order chi connectivity index (χ1) is 14.3. The number of imidazole rings is 1. The third kappa shape index (κ3) is 3.34. The topological polar surface area (TPSA) is 99.3 Å². The molecule has 0 saturated carbocycles. The van der Waals surface area contributed by atoms with Crippen molar-refractivity contribution in [1.29, 1.82) is 0 Å². The Morgan fingerprint density at radius 1 is 1.00 bits per heavy atom. The van der Waals surface area contributed by atoms with Crippen LogP contribution in [0.2, 0.25) is 0 Å². The van der Waals surface area contributed by atoms with Crippen molar-refractivity contribution in [2.75, 3.05) is 6.54 Å². The summed E-state index contributed by atoms with van der Waals surface area (Å²) in [6, 6.07) is 17.8. The fourth-order valence-corrected chi connectivity index (χ4v) is 3.41. The molecule has 0 aliphatic heterocycles. The molecule has 0 radical (unpaired) electrons. The van der Waals surface area contributed by atoms with Gasteiger partial charge in [0.1, 0.15) is 5.69 Å². The number of carbonyl (C=O) groups excluding carboxylic acids is 1. The Bertz CT molecular complexity index is 1290. The molecule has 7 heteroatoms. The molecular weight excluding hydrogens is 364 g/mol. The highest BCUT2D eigenvalue weighted by atomic mass is 16.2. The van der Waals surface area contributed by atoms with Gasteiger partial charge in [-0.2, -0.15) is 5.10 Å². The Morgan fingerprint density at radius 3 is 2.66 bits per heavy atom. The number of carbonyl (C=O) groups is 1. The minimum Gasteiger partial charge on any atom is -0.349 e. The molecule has 0 saturated heterocycles. The summed E-state index contributed by atoms with van der Waals surface area (Å²) in [5.74, 6) is 0.0902. The SMILES string of the molecule is O=C(NCCc1ccccc1)c1nc2cc3c(-c4ccncc4)n[nH]c3cc2[nH]1. The Hall–Kier alpha value is -4.00. The number of nitrogens with zero attached hydrogens (tertiary/aromatic N) is 3. The smallest absolute Gasteiger partial charge is 0.287 e. The van der Waals surface area contributed by atoms with Crippen molar-refractivity contribution in [3.63, 3.8) is 0 Å². The number of aromatic amines is 2. The maximum Gasteiger partial charge on any atom is 0.287 e. The monoisotopic (exact) mass is 382 g/mol. The Balaban J connectivity index is 1.39. The van der Waals surface area contributed by atoms with Gasteiger partial charge >= 0.3 is 0 Å². The molecule has 0 spiro atoms. The van der Waals surface area contributed by atoms with Crippen molar-refractivity contribution in [2.24, 2.45) is 0 Å². The summed E-state index contributed by atoms with van der Waals surface area (Å²) in [4.78, 5) is 24.1. The number of fused-ring (bicyclic) bond motifs is 2. The van der Waals surface area contributed by atoms with Crippen LogP contribution >= 0.6 is 0 Å².